The van der Waals surface area contributed by atoms with Gasteiger partial charge in [-0.3, -0.25) is 9.59 Å². The minimum Gasteiger partial charge on any atom is -0.465 e. The van der Waals surface area contributed by atoms with Crippen LogP contribution in [-0.2, 0) is 23.9 Å². The average Bonchev–Trinajstić information content (AvgIpc) is 3.10. The molecular weight excluding hydrogens is 488 g/mol. The van der Waals surface area contributed by atoms with E-state index >= 15 is 0 Å². The first-order chi connectivity index (χ1) is 17.7. The molecule has 1 unspecified atom stereocenters. The normalized spacial score (nSPS) is 43.9. The van der Waals surface area contributed by atoms with Gasteiger partial charge in [-0.1, -0.05) is 23.8 Å². The minimum atomic E-state index is -1.95. The third-order valence-corrected chi connectivity index (χ3v) is 11.3. The fraction of sp³-hybridized carbons (Fsp3) is 0.700. The summed E-state index contributed by atoms with van der Waals surface area (Å²) in [5.41, 5.74) is -5.38. The van der Waals surface area contributed by atoms with Crippen molar-refractivity contribution in [3.63, 3.8) is 0 Å². The smallest absolute Gasteiger partial charge is 0.334 e. The van der Waals surface area contributed by atoms with Crippen molar-refractivity contribution in [2.24, 2.45) is 22.7 Å². The Morgan fingerprint density at radius 1 is 1.18 bits per heavy atom. The van der Waals surface area contributed by atoms with Gasteiger partial charge >= 0.3 is 11.9 Å². The van der Waals surface area contributed by atoms with E-state index in [9.17, 15) is 29.7 Å². The van der Waals surface area contributed by atoms with Crippen molar-refractivity contribution < 1.29 is 39.2 Å². The lowest BCUT2D eigenvalue weighted by atomic mass is 9.44. The molecule has 0 saturated heterocycles. The van der Waals surface area contributed by atoms with Crippen LogP contribution in [0.5, 0.6) is 0 Å². The molecule has 8 nitrogen and oxygen atoms in total. The topological polar surface area (TPSA) is 130 Å². The second-order valence-corrected chi connectivity index (χ2v) is 12.7. The molecule has 8 heteroatoms. The maximum absolute atomic E-state index is 13.3. The number of ketones is 1. The highest BCUT2D eigenvalue weighted by atomic mass is 16.6. The van der Waals surface area contributed by atoms with Gasteiger partial charge in [0.05, 0.1) is 16.4 Å². The molecule has 3 N–H and O–H groups in total. The molecule has 8 atom stereocenters. The number of cyclic esters (lactones) is 1. The second kappa shape index (κ2) is 8.60. The zero-order chi connectivity index (χ0) is 27.9. The molecular formula is C30H40O8. The summed E-state index contributed by atoms with van der Waals surface area (Å²) in [6, 6.07) is 0. The second-order valence-electron chi connectivity index (χ2n) is 12.7. The van der Waals surface area contributed by atoms with Crippen LogP contribution >= 0.6 is 0 Å². The number of fused-ring (bicyclic) bond motifs is 5. The lowest BCUT2D eigenvalue weighted by Crippen LogP contribution is -2.74. The van der Waals surface area contributed by atoms with Gasteiger partial charge in [0.15, 0.2) is 0 Å². The zero-order valence-corrected chi connectivity index (χ0v) is 23.0. The molecule has 0 bridgehead atoms. The van der Waals surface area contributed by atoms with Crippen LogP contribution in [0.3, 0.4) is 0 Å². The van der Waals surface area contributed by atoms with Crippen molar-refractivity contribution in [2.75, 3.05) is 6.61 Å². The summed E-state index contributed by atoms with van der Waals surface area (Å²) < 4.78 is 11.2. The van der Waals surface area contributed by atoms with Crippen LogP contribution < -0.4 is 0 Å². The molecule has 1 aliphatic heterocycles. The van der Waals surface area contributed by atoms with Crippen LogP contribution in [0.1, 0.15) is 79.6 Å². The van der Waals surface area contributed by atoms with Gasteiger partial charge in [0.25, 0.3) is 0 Å². The summed E-state index contributed by atoms with van der Waals surface area (Å²) in [5.74, 6) is -1.54. The van der Waals surface area contributed by atoms with Crippen LogP contribution in [-0.4, -0.2) is 62.6 Å². The lowest BCUT2D eigenvalue weighted by molar-refractivity contribution is -0.294. The SMILES string of the molecule is CC(=O)OC[C@]12CC[C@H]3[C@@H](CC=C4C=CCC(=O)[C@@]43C)[C@]1(O)CC[C@@]2(O)[C@@](C)(O)C1CC(C)=C(C)C(=O)O1. The number of rotatable bonds is 4. The Bertz CT molecular complexity index is 1180. The molecule has 4 aliphatic carbocycles. The molecule has 208 valence electrons. The summed E-state index contributed by atoms with van der Waals surface area (Å²) >= 11 is 0. The predicted molar refractivity (Wildman–Crippen MR) is 137 cm³/mol. The number of allylic oxidation sites excluding steroid dienone is 4. The Labute approximate surface area is 223 Å². The van der Waals surface area contributed by atoms with Crippen molar-refractivity contribution in [1.82, 2.24) is 0 Å². The first kappa shape index (κ1) is 27.3. The Balaban J connectivity index is 1.61. The van der Waals surface area contributed by atoms with Crippen LogP contribution in [0.4, 0.5) is 0 Å². The van der Waals surface area contributed by atoms with Gasteiger partial charge in [-0.2, -0.15) is 0 Å². The quantitative estimate of drug-likeness (QED) is 0.475. The standard InChI is InChI=1S/C30H40O8/c1-17-15-24(38-25(33)18(17)2)27(5,34)30(36)14-13-29(35)22-10-9-20-7-6-8-23(32)26(20,4)21(22)11-12-28(29,30)16-37-19(3)31/h6-7,9,21-22,24,34-36H,8,10-16H2,1-5H3/t21-,22+,24?,26-,27-,28+,29+,30+/m0/s1. The molecule has 0 aromatic rings. The molecule has 2 fully saturated rings. The fourth-order valence-electron chi connectivity index (χ4n) is 8.68. The van der Waals surface area contributed by atoms with E-state index < -0.39 is 51.6 Å². The molecule has 5 rings (SSSR count). The molecule has 0 aromatic carbocycles. The number of Topliss-reactive ketones (excluding diaryl/α,β-unsaturated/α-hetero) is 1. The third-order valence-electron chi connectivity index (χ3n) is 11.3. The first-order valence-electron chi connectivity index (χ1n) is 13.7. The molecule has 0 aromatic heterocycles. The van der Waals surface area contributed by atoms with Gasteiger partial charge in [0.1, 0.15) is 29.7 Å². The van der Waals surface area contributed by atoms with Crippen molar-refractivity contribution in [3.05, 3.63) is 34.9 Å². The number of carbonyl (C=O) groups excluding carboxylic acids is 3. The highest BCUT2D eigenvalue weighted by Crippen LogP contribution is 2.70. The predicted octanol–water partition coefficient (Wildman–Crippen LogP) is 3.09. The highest BCUT2D eigenvalue weighted by molar-refractivity contribution is 5.92. The summed E-state index contributed by atoms with van der Waals surface area (Å²) in [4.78, 5) is 37.9. The molecule has 0 amide bonds. The Morgan fingerprint density at radius 3 is 2.55 bits per heavy atom. The van der Waals surface area contributed by atoms with Crippen molar-refractivity contribution in [3.8, 4) is 0 Å². The van der Waals surface area contributed by atoms with Crippen LogP contribution in [0.25, 0.3) is 0 Å². The van der Waals surface area contributed by atoms with Crippen LogP contribution in [0.2, 0.25) is 0 Å². The number of esters is 2. The van der Waals surface area contributed by atoms with Gasteiger partial charge in [-0.15, -0.1) is 0 Å². The summed E-state index contributed by atoms with van der Waals surface area (Å²) in [6.07, 6.45) is 6.87. The summed E-state index contributed by atoms with van der Waals surface area (Å²) in [5, 5.41) is 37.3. The van der Waals surface area contributed by atoms with Crippen molar-refractivity contribution in [2.45, 2.75) is 102 Å². The summed E-state index contributed by atoms with van der Waals surface area (Å²) in [7, 11) is 0. The van der Waals surface area contributed by atoms with Gasteiger partial charge < -0.3 is 24.8 Å². The van der Waals surface area contributed by atoms with Crippen molar-refractivity contribution in [1.29, 1.82) is 0 Å². The van der Waals surface area contributed by atoms with Gasteiger partial charge in [-0.05, 0) is 77.2 Å². The number of aliphatic hydroxyl groups is 3. The first-order valence-corrected chi connectivity index (χ1v) is 13.7. The Kier molecular flexibility index (Phi) is 6.18. The van der Waals surface area contributed by atoms with E-state index in [0.29, 0.717) is 24.8 Å². The fourth-order valence-corrected chi connectivity index (χ4v) is 8.68. The van der Waals surface area contributed by atoms with Crippen LogP contribution in [0, 0.1) is 22.7 Å². The molecule has 5 aliphatic rings. The van der Waals surface area contributed by atoms with Crippen molar-refractivity contribution >= 4 is 17.7 Å². The largest absolute Gasteiger partial charge is 0.465 e. The Morgan fingerprint density at radius 2 is 1.89 bits per heavy atom. The Hall–Kier alpha value is -2.29. The van der Waals surface area contributed by atoms with Gasteiger partial charge in [0, 0.05) is 25.3 Å². The van der Waals surface area contributed by atoms with E-state index in [1.165, 1.54) is 13.8 Å². The van der Waals surface area contributed by atoms with Gasteiger partial charge in [-0.25, -0.2) is 4.79 Å². The number of carbonyl (C=O) groups is 3. The molecule has 0 spiro atoms. The van der Waals surface area contributed by atoms with E-state index in [0.717, 1.165) is 11.1 Å². The zero-order valence-electron chi connectivity index (χ0n) is 23.0. The van der Waals surface area contributed by atoms with Gasteiger partial charge in [0.2, 0.25) is 0 Å². The highest BCUT2D eigenvalue weighted by Gasteiger charge is 2.78. The molecule has 38 heavy (non-hydrogen) atoms. The van der Waals surface area contributed by atoms with E-state index in [4.69, 9.17) is 9.47 Å². The molecule has 0 radical (unpaired) electrons. The average molecular weight is 529 g/mol. The maximum atomic E-state index is 13.3. The number of ether oxygens (including phenoxy) is 2. The van der Waals surface area contributed by atoms with E-state index in [-0.39, 0.29) is 44.0 Å². The summed E-state index contributed by atoms with van der Waals surface area (Å²) in [6.45, 7) is 7.88. The maximum Gasteiger partial charge on any atom is 0.334 e. The molecule has 1 heterocycles. The third kappa shape index (κ3) is 3.29. The lowest BCUT2D eigenvalue weighted by Gasteiger charge is -2.63. The van der Waals surface area contributed by atoms with Crippen LogP contribution in [0.15, 0.2) is 34.9 Å². The monoisotopic (exact) mass is 528 g/mol. The molecule has 2 saturated carbocycles. The number of hydrogen-bond donors (Lipinski definition) is 3. The minimum absolute atomic E-state index is 0.0257. The van der Waals surface area contributed by atoms with E-state index in [2.05, 4.69) is 0 Å². The number of hydrogen-bond acceptors (Lipinski definition) is 8. The van der Waals surface area contributed by atoms with E-state index in [1.54, 1.807) is 13.8 Å². The van der Waals surface area contributed by atoms with E-state index in [1.807, 2.05) is 25.2 Å².